The van der Waals surface area contributed by atoms with Crippen LogP contribution in [-0.2, 0) is 57.5 Å². The molecule has 5 heterocycles. The number of fused-ring (bicyclic) bond motifs is 2. The Morgan fingerprint density at radius 1 is 0.806 bits per heavy atom. The molecule has 3 aromatic carbocycles. The van der Waals surface area contributed by atoms with Gasteiger partial charge < -0.3 is 51.5 Å². The number of para-hydroxylation sites is 1. The lowest BCUT2D eigenvalue weighted by Crippen LogP contribution is -2.64. The number of carboxylic acid groups (broad SMARTS) is 1. The average Bonchev–Trinajstić information content (AvgIpc) is 0.978. The van der Waals surface area contributed by atoms with Crippen LogP contribution in [0.25, 0.3) is 32.6 Å². The van der Waals surface area contributed by atoms with Crippen LogP contribution >= 0.6 is 18.9 Å². The Kier molecular flexibility index (Phi) is 22.9. The van der Waals surface area contributed by atoms with Crippen molar-refractivity contribution in [3.63, 3.8) is 0 Å². The van der Waals surface area contributed by atoms with Gasteiger partial charge in [-0.15, -0.1) is 0 Å². The topological polar surface area (TPSA) is 380 Å². The number of carbonyl (C=O) groups is 9. The zero-order chi connectivity index (χ0) is 73.6. The Hall–Kier alpha value is -9.21. The lowest BCUT2D eigenvalue weighted by atomic mass is 9.39. The lowest BCUT2D eigenvalue weighted by molar-refractivity contribution is -0.248. The number of carboxylic acids is 1. The van der Waals surface area contributed by atoms with E-state index in [1.54, 1.807) is 61.3 Å². The number of anilines is 3. The third-order valence-corrected chi connectivity index (χ3v) is 22.3. The number of nitrogens with one attached hydrogen (secondary N) is 5. The minimum atomic E-state index is -4.52. The maximum Gasteiger partial charge on any atom is 0.355 e. The summed E-state index contributed by atoms with van der Waals surface area (Å²) in [5.74, 6) is -4.18. The smallest absolute Gasteiger partial charge is 0.355 e. The Morgan fingerprint density at radius 2 is 1.54 bits per heavy atom. The highest BCUT2D eigenvalue weighted by molar-refractivity contribution is 7.51. The van der Waals surface area contributed by atoms with Crippen molar-refractivity contribution in [2.75, 3.05) is 61.0 Å². The summed E-state index contributed by atoms with van der Waals surface area (Å²) >= 11 is 1.40. The number of benzene rings is 3. The van der Waals surface area contributed by atoms with E-state index in [0.717, 1.165) is 82.6 Å². The van der Waals surface area contributed by atoms with E-state index in [2.05, 4.69) is 45.4 Å². The molecule has 0 saturated heterocycles. The number of primary amides is 1. The van der Waals surface area contributed by atoms with Gasteiger partial charge in [0.2, 0.25) is 23.6 Å². The monoisotopic (exact) mass is 1450 g/mol. The first-order valence-corrected chi connectivity index (χ1v) is 38.0. The number of aromatic nitrogens is 4. The molecule has 2 unspecified atom stereocenters. The zero-order valence-corrected chi connectivity index (χ0v) is 60.5. The van der Waals surface area contributed by atoms with E-state index in [0.29, 0.717) is 72.0 Å². The predicted octanol–water partition coefficient (Wildman–Crippen LogP) is 9.49. The molecule has 12 rings (SSSR count). The van der Waals surface area contributed by atoms with E-state index in [-0.39, 0.29) is 122 Å². The molecule has 4 saturated carbocycles. The minimum absolute atomic E-state index is 0.000953. The van der Waals surface area contributed by atoms with E-state index in [1.807, 2.05) is 54.1 Å². The number of urea groups is 2. The molecule has 548 valence electrons. The van der Waals surface area contributed by atoms with Gasteiger partial charge >= 0.3 is 25.6 Å². The van der Waals surface area contributed by atoms with Gasteiger partial charge in [0.25, 0.3) is 11.8 Å². The number of thiazole rings is 1. The summed E-state index contributed by atoms with van der Waals surface area (Å²) in [4.78, 5) is 151. The Bertz CT molecular complexity index is 4250. The third kappa shape index (κ3) is 18.4. The maximum atomic E-state index is 14.2. The number of rotatable bonds is 32. The van der Waals surface area contributed by atoms with Crippen molar-refractivity contribution in [2.45, 2.75) is 162 Å². The molecule has 4 fully saturated rings. The highest BCUT2D eigenvalue weighted by atomic mass is 32.1. The van der Waals surface area contributed by atoms with Crippen LogP contribution in [0.15, 0.2) is 97.2 Å². The van der Waals surface area contributed by atoms with Crippen LogP contribution in [0.1, 0.15) is 145 Å². The summed E-state index contributed by atoms with van der Waals surface area (Å²) in [5, 5.41) is 30.1. The van der Waals surface area contributed by atoms with E-state index >= 15 is 0 Å². The van der Waals surface area contributed by atoms with Crippen molar-refractivity contribution in [3.05, 3.63) is 120 Å². The number of hydrogen-bond donors (Lipinski definition) is 9. The maximum absolute atomic E-state index is 14.2. The molecule has 0 radical (unpaired) electrons. The SMILES string of the molecule is Cc1c(-c2ccc(-c3ccc4c(c3)N(C(=O)Nc3nc5ccccc5s3)CCC4)nc2C(=O)O)cnn1CC12CC3(C)CC(C)(C1)CC(OCCN(CCP(=O)(O)O)C(=O)CCc1ccc(NC(=O)[C@H](CCCNC(N)=O)NC(=O)[C@@H](NC(=O)CCCCCN4C(=O)C=CC4=O)C(C)C)cc1)(C3)C2. The van der Waals surface area contributed by atoms with Crippen molar-refractivity contribution in [1.29, 1.82) is 0 Å². The standard InChI is InChI=1S/C74H92N13O14PS/c1-46(2)63(82-59(88)17-7-6-10-31-86-61(90)28-29-62(86)91)66(93)80-56(15-11-30-76-68(75)96)65(92)78-51-23-18-48(19-24-51)20-27-60(89)84(34-36-102(98,99)100)33-35-101-74-42-71(4)39-72(5,43-74)41-73(40-71,44-74)45-87-47(3)53(38-77-87)52-25-26-54(79-64(52)67(94)95)50-22-21-49-13-12-32-85(57(49)37-50)70(97)83-69-81-55-14-8-9-16-58(55)103-69/h8-9,14,16,18-19,21-26,28-29,37-38,46,56,63H,6-7,10-13,15,17,20,27,30-36,39-45H2,1-5H3,(H,78,92)(H,80,93)(H,82,88)(H,94,95)(H3,75,76,96)(H,81,83,97)(H2,98,99,100)/t56-,63-,71?,72?,73?,74?/m0/s1. The quantitative estimate of drug-likeness (QED) is 0.0108. The number of hydrogen-bond acceptors (Lipinski definition) is 15. The molecular formula is C74H92N13O14PS. The summed E-state index contributed by atoms with van der Waals surface area (Å²) < 4.78 is 22.3. The lowest BCUT2D eigenvalue weighted by Gasteiger charge is -2.69. The van der Waals surface area contributed by atoms with E-state index in [1.165, 1.54) is 28.4 Å². The van der Waals surface area contributed by atoms with Gasteiger partial charge in [-0.05, 0) is 166 Å². The highest BCUT2D eigenvalue weighted by Gasteiger charge is 2.66. The number of pyridine rings is 1. The summed E-state index contributed by atoms with van der Waals surface area (Å²) in [5.41, 5.74) is 10.7. The highest BCUT2D eigenvalue weighted by Crippen LogP contribution is 2.72. The Morgan fingerprint density at radius 3 is 2.24 bits per heavy atom. The summed E-state index contributed by atoms with van der Waals surface area (Å²) in [6, 6.07) is 20.7. The number of imide groups is 1. The molecule has 4 bridgehead atoms. The number of ether oxygens (including phenoxy) is 1. The minimum Gasteiger partial charge on any atom is -0.476 e. The fraction of sp³-hybridized carbons (Fsp3) is 0.486. The fourth-order valence-electron chi connectivity index (χ4n) is 17.0. The van der Waals surface area contributed by atoms with Gasteiger partial charge in [0.05, 0.1) is 40.5 Å². The van der Waals surface area contributed by atoms with Crippen LogP contribution in [0.4, 0.5) is 26.1 Å². The molecule has 0 spiro atoms. The van der Waals surface area contributed by atoms with Gasteiger partial charge in [-0.1, -0.05) is 81.9 Å². The molecule has 3 aromatic heterocycles. The Balaban J connectivity index is 0.702. The molecule has 103 heavy (non-hydrogen) atoms. The number of unbranched alkanes of at least 4 members (excludes halogenated alkanes) is 2. The van der Waals surface area contributed by atoms with Crippen LogP contribution in [0.3, 0.4) is 0 Å². The second kappa shape index (κ2) is 31.4. The first kappa shape index (κ1) is 75.0. The van der Waals surface area contributed by atoms with Gasteiger partial charge in [0.15, 0.2) is 10.8 Å². The largest absolute Gasteiger partial charge is 0.476 e. The number of amides is 10. The van der Waals surface area contributed by atoms with Crippen molar-refractivity contribution in [3.8, 4) is 22.4 Å². The zero-order valence-electron chi connectivity index (χ0n) is 58.8. The molecular weight excluding hydrogens is 1360 g/mol. The van der Waals surface area contributed by atoms with Gasteiger partial charge in [0.1, 0.15) is 12.1 Å². The number of nitrogens with two attached hydrogens (primary N) is 1. The molecule has 27 nitrogen and oxygen atoms in total. The van der Waals surface area contributed by atoms with Gasteiger partial charge in [-0.2, -0.15) is 5.10 Å². The number of aromatic carboxylic acids is 1. The summed E-state index contributed by atoms with van der Waals surface area (Å²) in [7, 11) is -4.52. The average molecular weight is 1450 g/mol. The number of nitrogens with zero attached hydrogens (tertiary/aromatic N) is 7. The van der Waals surface area contributed by atoms with E-state index in [9.17, 15) is 62.6 Å². The van der Waals surface area contributed by atoms with E-state index in [4.69, 9.17) is 20.6 Å². The normalized spacial score (nSPS) is 21.0. The van der Waals surface area contributed by atoms with E-state index < -0.39 is 55.3 Å². The van der Waals surface area contributed by atoms with Crippen molar-refractivity contribution in [2.24, 2.45) is 27.9 Å². The van der Waals surface area contributed by atoms with Crippen molar-refractivity contribution >= 4 is 99.1 Å². The van der Waals surface area contributed by atoms with Crippen molar-refractivity contribution in [1.82, 2.24) is 45.5 Å². The first-order chi connectivity index (χ1) is 49.0. The van der Waals surface area contributed by atoms with Gasteiger partial charge in [-0.3, -0.25) is 53.1 Å². The first-order valence-electron chi connectivity index (χ1n) is 35.3. The van der Waals surface area contributed by atoms with Crippen LogP contribution < -0.4 is 37.2 Å². The molecule has 10 N–H and O–H groups in total. The fourth-order valence-corrected chi connectivity index (χ4v) is 18.3. The third-order valence-electron chi connectivity index (χ3n) is 20.6. The second-order valence-electron chi connectivity index (χ2n) is 29.6. The van der Waals surface area contributed by atoms with Crippen LogP contribution in [0, 0.1) is 29.1 Å². The van der Waals surface area contributed by atoms with Gasteiger partial charge in [0, 0.05) is 98.0 Å². The molecule has 6 aromatic rings. The van der Waals surface area contributed by atoms with Gasteiger partial charge in [-0.25, -0.2) is 24.4 Å². The molecule has 2 aliphatic heterocycles. The second-order valence-corrected chi connectivity index (χ2v) is 32.4. The van der Waals surface area contributed by atoms with Crippen LogP contribution in [-0.4, -0.2) is 161 Å². The summed E-state index contributed by atoms with van der Waals surface area (Å²) in [6.45, 7) is 11.5. The predicted molar refractivity (Wildman–Crippen MR) is 389 cm³/mol. The molecule has 29 heteroatoms. The summed E-state index contributed by atoms with van der Waals surface area (Å²) in [6.07, 6.45) is 12.5. The number of aryl methyl sites for hydroxylation is 2. The van der Waals surface area contributed by atoms with Crippen LogP contribution in [0.5, 0.6) is 0 Å². The number of carbonyl (C=O) groups excluding carboxylic acids is 8. The van der Waals surface area contributed by atoms with Crippen molar-refractivity contribution < 1.29 is 67.3 Å². The van der Waals surface area contributed by atoms with Crippen LogP contribution in [0.2, 0.25) is 0 Å². The molecule has 4 aliphatic carbocycles. The molecule has 10 amide bonds. The Labute approximate surface area is 601 Å². The molecule has 6 aliphatic rings. The molecule has 4 atom stereocenters.